The summed E-state index contributed by atoms with van der Waals surface area (Å²) in [5, 5.41) is 2.58. The van der Waals surface area contributed by atoms with Crippen molar-refractivity contribution in [1.82, 2.24) is 4.31 Å². The average Bonchev–Trinajstić information content (AvgIpc) is 2.39. The lowest BCUT2D eigenvalue weighted by atomic mass is 10.1. The molecule has 108 valence electrons. The number of hydrogen-bond donors (Lipinski definition) is 1. The van der Waals surface area contributed by atoms with E-state index in [4.69, 9.17) is 0 Å². The Morgan fingerprint density at radius 3 is 2.20 bits per heavy atom. The van der Waals surface area contributed by atoms with Gasteiger partial charge < -0.3 is 5.32 Å². The number of amides is 1. The predicted molar refractivity (Wildman–Crippen MR) is 73.7 cm³/mol. The van der Waals surface area contributed by atoms with Crippen LogP contribution in [0.2, 0.25) is 0 Å². The van der Waals surface area contributed by atoms with E-state index in [1.807, 2.05) is 0 Å². The first-order valence-corrected chi connectivity index (χ1v) is 7.73. The normalized spacial score (nSPS) is 16.9. The zero-order valence-electron chi connectivity index (χ0n) is 11.1. The van der Waals surface area contributed by atoms with Crippen molar-refractivity contribution in [2.75, 3.05) is 18.4 Å². The summed E-state index contributed by atoms with van der Waals surface area (Å²) >= 11 is 0. The molecule has 7 heteroatoms. The lowest BCUT2D eigenvalue weighted by molar-refractivity contribution is -0.120. The lowest BCUT2D eigenvalue weighted by Crippen LogP contribution is -2.38. The van der Waals surface area contributed by atoms with Gasteiger partial charge >= 0.3 is 0 Å². The Morgan fingerprint density at radius 1 is 1.15 bits per heavy atom. The molecule has 1 saturated heterocycles. The summed E-state index contributed by atoms with van der Waals surface area (Å²) in [5.74, 6) is -0.118. The van der Waals surface area contributed by atoms with E-state index in [0.29, 0.717) is 5.69 Å². The Bertz CT molecular complexity index is 612. The first-order valence-electron chi connectivity index (χ1n) is 6.29. The van der Waals surface area contributed by atoms with Gasteiger partial charge in [0.1, 0.15) is 5.78 Å². The Kier molecular flexibility index (Phi) is 4.20. The maximum Gasteiger partial charge on any atom is 0.243 e. The highest BCUT2D eigenvalue weighted by Crippen LogP contribution is 2.21. The van der Waals surface area contributed by atoms with E-state index < -0.39 is 10.0 Å². The smallest absolute Gasteiger partial charge is 0.243 e. The molecule has 0 bridgehead atoms. The van der Waals surface area contributed by atoms with Gasteiger partial charge in [-0.3, -0.25) is 9.59 Å². The Balaban J connectivity index is 2.17. The maximum atomic E-state index is 12.4. The number of carbonyl (C=O) groups is 2. The molecule has 1 aliphatic heterocycles. The second kappa shape index (κ2) is 5.72. The molecule has 0 spiro atoms. The van der Waals surface area contributed by atoms with Crippen molar-refractivity contribution < 1.29 is 18.0 Å². The fourth-order valence-electron chi connectivity index (χ4n) is 2.04. The summed E-state index contributed by atoms with van der Waals surface area (Å²) in [5.41, 5.74) is 0.547. The number of nitrogens with zero attached hydrogens (tertiary/aromatic N) is 1. The van der Waals surface area contributed by atoms with Gasteiger partial charge in [0.05, 0.1) is 4.90 Å². The number of anilines is 1. The zero-order chi connectivity index (χ0) is 14.8. The number of rotatable bonds is 3. The SMILES string of the molecule is CC(=O)Nc1ccc(S(=O)(=O)N2CCC(=O)CC2)cc1. The summed E-state index contributed by atoms with van der Waals surface area (Å²) in [6.45, 7) is 1.85. The molecular formula is C13H16N2O4S. The summed E-state index contributed by atoms with van der Waals surface area (Å²) in [6, 6.07) is 6.00. The highest BCUT2D eigenvalue weighted by atomic mass is 32.2. The minimum absolute atomic E-state index is 0.0949. The van der Waals surface area contributed by atoms with Crippen molar-refractivity contribution in [1.29, 1.82) is 0 Å². The van der Waals surface area contributed by atoms with Crippen molar-refractivity contribution in [2.24, 2.45) is 0 Å². The summed E-state index contributed by atoms with van der Waals surface area (Å²) < 4.78 is 26.0. The molecule has 1 N–H and O–H groups in total. The van der Waals surface area contributed by atoms with Crippen LogP contribution in [0.3, 0.4) is 0 Å². The van der Waals surface area contributed by atoms with Crippen molar-refractivity contribution in [3.8, 4) is 0 Å². The van der Waals surface area contributed by atoms with Crippen LogP contribution in [0.1, 0.15) is 19.8 Å². The third-order valence-corrected chi connectivity index (χ3v) is 5.01. The number of carbonyl (C=O) groups excluding carboxylic acids is 2. The highest BCUT2D eigenvalue weighted by Gasteiger charge is 2.28. The fraction of sp³-hybridized carbons (Fsp3) is 0.385. The van der Waals surface area contributed by atoms with Crippen LogP contribution in [0.25, 0.3) is 0 Å². The summed E-state index contributed by atoms with van der Waals surface area (Å²) in [6.07, 6.45) is 0.534. The summed E-state index contributed by atoms with van der Waals surface area (Å²) in [7, 11) is -3.56. The van der Waals surface area contributed by atoms with Crippen LogP contribution in [0.4, 0.5) is 5.69 Å². The van der Waals surface area contributed by atoms with Crippen LogP contribution in [0.5, 0.6) is 0 Å². The van der Waals surface area contributed by atoms with E-state index in [9.17, 15) is 18.0 Å². The quantitative estimate of drug-likeness (QED) is 0.902. The van der Waals surface area contributed by atoms with Crippen molar-refractivity contribution in [3.05, 3.63) is 24.3 Å². The van der Waals surface area contributed by atoms with Crippen LogP contribution in [0, 0.1) is 0 Å². The third-order valence-electron chi connectivity index (χ3n) is 3.09. The molecular weight excluding hydrogens is 280 g/mol. The van der Waals surface area contributed by atoms with Crippen molar-refractivity contribution >= 4 is 27.4 Å². The molecule has 1 heterocycles. The molecule has 6 nitrogen and oxygen atoms in total. The largest absolute Gasteiger partial charge is 0.326 e. The highest BCUT2D eigenvalue weighted by molar-refractivity contribution is 7.89. The number of benzene rings is 1. The van der Waals surface area contributed by atoms with Gasteiger partial charge in [0.25, 0.3) is 0 Å². The minimum Gasteiger partial charge on any atom is -0.326 e. The third kappa shape index (κ3) is 3.23. The second-order valence-electron chi connectivity index (χ2n) is 4.65. The molecule has 0 radical (unpaired) electrons. The predicted octanol–water partition coefficient (Wildman–Crippen LogP) is 0.999. The van der Waals surface area contributed by atoms with E-state index in [1.165, 1.54) is 23.4 Å². The topological polar surface area (TPSA) is 83.6 Å². The van der Waals surface area contributed by atoms with Gasteiger partial charge in [-0.15, -0.1) is 0 Å². The van der Waals surface area contributed by atoms with E-state index in [0.717, 1.165) is 0 Å². The molecule has 0 unspecified atom stereocenters. The fourth-order valence-corrected chi connectivity index (χ4v) is 3.48. The molecule has 2 rings (SSSR count). The Labute approximate surface area is 117 Å². The number of sulfonamides is 1. The molecule has 1 fully saturated rings. The first-order chi connectivity index (χ1) is 9.39. The minimum atomic E-state index is -3.56. The molecule has 1 aromatic rings. The van der Waals surface area contributed by atoms with Gasteiger partial charge in [-0.05, 0) is 24.3 Å². The van der Waals surface area contributed by atoms with E-state index >= 15 is 0 Å². The van der Waals surface area contributed by atoms with Gasteiger partial charge in [0.2, 0.25) is 15.9 Å². The number of Topliss-reactive ketones (excluding diaryl/α,β-unsaturated/α-hetero) is 1. The number of ketones is 1. The first kappa shape index (κ1) is 14.7. The van der Waals surface area contributed by atoms with Crippen LogP contribution < -0.4 is 5.32 Å². The number of nitrogens with one attached hydrogen (secondary N) is 1. The zero-order valence-corrected chi connectivity index (χ0v) is 11.9. The molecule has 0 saturated carbocycles. The average molecular weight is 296 g/mol. The standard InChI is InChI=1S/C13H16N2O4S/c1-10(16)14-11-2-4-13(5-3-11)20(18,19)15-8-6-12(17)7-9-15/h2-5H,6-9H2,1H3,(H,14,16). The van der Waals surface area contributed by atoms with E-state index in [2.05, 4.69) is 5.32 Å². The van der Waals surface area contributed by atoms with Crippen molar-refractivity contribution in [2.45, 2.75) is 24.7 Å². The van der Waals surface area contributed by atoms with Crippen LogP contribution in [-0.2, 0) is 19.6 Å². The van der Waals surface area contributed by atoms with E-state index in [-0.39, 0.29) is 42.5 Å². The monoisotopic (exact) mass is 296 g/mol. The molecule has 0 aromatic heterocycles. The lowest BCUT2D eigenvalue weighted by Gasteiger charge is -2.25. The van der Waals surface area contributed by atoms with Gasteiger partial charge in [-0.2, -0.15) is 4.31 Å². The van der Waals surface area contributed by atoms with Crippen LogP contribution >= 0.6 is 0 Å². The maximum absolute atomic E-state index is 12.4. The number of hydrogen-bond acceptors (Lipinski definition) is 4. The summed E-state index contributed by atoms with van der Waals surface area (Å²) in [4.78, 5) is 22.2. The molecule has 20 heavy (non-hydrogen) atoms. The molecule has 0 aliphatic carbocycles. The molecule has 1 amide bonds. The van der Waals surface area contributed by atoms with Gasteiger partial charge in [0, 0.05) is 38.5 Å². The van der Waals surface area contributed by atoms with Gasteiger partial charge in [-0.25, -0.2) is 8.42 Å². The second-order valence-corrected chi connectivity index (χ2v) is 6.59. The van der Waals surface area contributed by atoms with E-state index in [1.54, 1.807) is 12.1 Å². The van der Waals surface area contributed by atoms with Crippen molar-refractivity contribution in [3.63, 3.8) is 0 Å². The molecule has 0 atom stereocenters. The van der Waals surface area contributed by atoms with Crippen LogP contribution in [-0.4, -0.2) is 37.5 Å². The Morgan fingerprint density at radius 2 is 1.70 bits per heavy atom. The molecule has 1 aliphatic rings. The Hall–Kier alpha value is -1.73. The molecule has 1 aromatic carbocycles. The number of piperidine rings is 1. The van der Waals surface area contributed by atoms with Gasteiger partial charge in [0.15, 0.2) is 0 Å². The van der Waals surface area contributed by atoms with Gasteiger partial charge in [-0.1, -0.05) is 0 Å². The van der Waals surface area contributed by atoms with Crippen LogP contribution in [0.15, 0.2) is 29.2 Å².